The van der Waals surface area contributed by atoms with E-state index in [4.69, 9.17) is 0 Å². The van der Waals surface area contributed by atoms with Crippen LogP contribution in [0.25, 0.3) is 0 Å². The van der Waals surface area contributed by atoms with E-state index >= 15 is 0 Å². The number of halogens is 1. The molecule has 4 nitrogen and oxygen atoms in total. The first-order valence-electron chi connectivity index (χ1n) is 6.76. The highest BCUT2D eigenvalue weighted by molar-refractivity contribution is 5.90. The van der Waals surface area contributed by atoms with Gasteiger partial charge in [0.05, 0.1) is 12.7 Å². The highest BCUT2D eigenvalue weighted by Crippen LogP contribution is 2.18. The number of phenolic OH excluding ortho intramolecular Hbond substituents is 1. The lowest BCUT2D eigenvalue weighted by atomic mass is 10.1. The van der Waals surface area contributed by atoms with Crippen LogP contribution in [0, 0.1) is 5.82 Å². The summed E-state index contributed by atoms with van der Waals surface area (Å²) in [4.78, 5) is 15.5. The summed E-state index contributed by atoms with van der Waals surface area (Å²) in [5.41, 5.74) is 1.85. The zero-order valence-electron chi connectivity index (χ0n) is 12.1. The Morgan fingerprint density at radius 3 is 2.68 bits per heavy atom. The summed E-state index contributed by atoms with van der Waals surface area (Å²) in [6.45, 7) is 0.426. The monoisotopic (exact) mass is 301 g/mol. The van der Waals surface area contributed by atoms with Gasteiger partial charge < -0.3 is 9.84 Å². The number of carbonyl (C=O) groups is 1. The number of methoxy groups -OCH3 is 1. The molecule has 0 aliphatic heterocycles. The fraction of sp³-hybridized carbons (Fsp3) is 0.176. The molecule has 2 aromatic carbocycles. The number of aromatic hydroxyl groups is 1. The zero-order valence-corrected chi connectivity index (χ0v) is 12.1. The number of nitrogens with zero attached hydrogens (tertiary/aromatic N) is 1. The van der Waals surface area contributed by atoms with E-state index in [2.05, 4.69) is 9.73 Å². The molecule has 0 saturated heterocycles. The second kappa shape index (κ2) is 7.36. The van der Waals surface area contributed by atoms with Crippen LogP contribution < -0.4 is 0 Å². The zero-order chi connectivity index (χ0) is 15.9. The van der Waals surface area contributed by atoms with Crippen molar-refractivity contribution in [2.24, 2.45) is 4.99 Å². The van der Waals surface area contributed by atoms with Crippen LogP contribution in [-0.4, -0.2) is 30.9 Å². The van der Waals surface area contributed by atoms with Crippen molar-refractivity contribution in [1.29, 1.82) is 0 Å². The maximum atomic E-state index is 13.1. The van der Waals surface area contributed by atoms with Crippen molar-refractivity contribution in [3.63, 3.8) is 0 Å². The summed E-state index contributed by atoms with van der Waals surface area (Å²) in [6, 6.07) is 10.7. The number of rotatable bonds is 5. The Morgan fingerprint density at radius 2 is 2.00 bits per heavy atom. The number of esters is 1. The molecule has 114 valence electrons. The van der Waals surface area contributed by atoms with Crippen LogP contribution in [-0.2, 0) is 11.2 Å². The van der Waals surface area contributed by atoms with Crippen molar-refractivity contribution < 1.29 is 19.0 Å². The number of hydrogen-bond donors (Lipinski definition) is 1. The summed E-state index contributed by atoms with van der Waals surface area (Å²) in [6.07, 6.45) is 2.11. The van der Waals surface area contributed by atoms with Gasteiger partial charge in [0.25, 0.3) is 0 Å². The Morgan fingerprint density at radius 1 is 1.27 bits per heavy atom. The van der Waals surface area contributed by atoms with Crippen LogP contribution >= 0.6 is 0 Å². The van der Waals surface area contributed by atoms with Crippen molar-refractivity contribution in [2.75, 3.05) is 13.7 Å². The second-order valence-electron chi connectivity index (χ2n) is 4.67. The predicted molar refractivity (Wildman–Crippen MR) is 82.0 cm³/mol. The standard InChI is InChI=1S/C17H16FNO3/c1-22-17(21)13-4-2-12(3-5-13)11-19-9-8-14-10-15(18)6-7-16(14)20/h2-7,10-11,20H,8-9H2,1H3. The van der Waals surface area contributed by atoms with Gasteiger partial charge in [0.1, 0.15) is 11.6 Å². The third-order valence-electron chi connectivity index (χ3n) is 3.12. The van der Waals surface area contributed by atoms with Gasteiger partial charge >= 0.3 is 5.97 Å². The lowest BCUT2D eigenvalue weighted by molar-refractivity contribution is 0.0600. The van der Waals surface area contributed by atoms with Gasteiger partial charge in [-0.1, -0.05) is 12.1 Å². The van der Waals surface area contributed by atoms with E-state index in [1.807, 2.05) is 0 Å². The molecule has 0 spiro atoms. The summed E-state index contributed by atoms with van der Waals surface area (Å²) in [7, 11) is 1.33. The SMILES string of the molecule is COC(=O)c1ccc(C=NCCc2cc(F)ccc2O)cc1. The van der Waals surface area contributed by atoms with Crippen molar-refractivity contribution in [3.8, 4) is 5.75 Å². The van der Waals surface area contributed by atoms with E-state index in [9.17, 15) is 14.3 Å². The van der Waals surface area contributed by atoms with Gasteiger partial charge in [0, 0.05) is 12.8 Å². The molecule has 0 radical (unpaired) electrons. The molecule has 0 fully saturated rings. The van der Waals surface area contributed by atoms with E-state index < -0.39 is 0 Å². The van der Waals surface area contributed by atoms with E-state index in [1.54, 1.807) is 30.5 Å². The highest BCUT2D eigenvalue weighted by atomic mass is 19.1. The molecular formula is C17H16FNO3. The average Bonchev–Trinajstić information content (AvgIpc) is 2.54. The molecule has 0 heterocycles. The van der Waals surface area contributed by atoms with Crippen LogP contribution in [0.3, 0.4) is 0 Å². The minimum absolute atomic E-state index is 0.0685. The molecule has 0 aromatic heterocycles. The molecule has 0 amide bonds. The summed E-state index contributed by atoms with van der Waals surface area (Å²) in [5, 5.41) is 9.59. The molecule has 5 heteroatoms. The van der Waals surface area contributed by atoms with E-state index in [-0.39, 0.29) is 17.5 Å². The van der Waals surface area contributed by atoms with E-state index in [0.29, 0.717) is 24.1 Å². The van der Waals surface area contributed by atoms with Gasteiger partial charge in [-0.2, -0.15) is 0 Å². The van der Waals surface area contributed by atoms with Gasteiger partial charge in [0.2, 0.25) is 0 Å². The predicted octanol–water partition coefficient (Wildman–Crippen LogP) is 2.98. The molecule has 0 saturated carbocycles. The quantitative estimate of drug-likeness (QED) is 0.682. The highest BCUT2D eigenvalue weighted by Gasteiger charge is 2.04. The smallest absolute Gasteiger partial charge is 0.337 e. The molecule has 1 N–H and O–H groups in total. The van der Waals surface area contributed by atoms with Gasteiger partial charge in [-0.15, -0.1) is 0 Å². The van der Waals surface area contributed by atoms with Crippen molar-refractivity contribution in [2.45, 2.75) is 6.42 Å². The minimum Gasteiger partial charge on any atom is -0.508 e. The Kier molecular flexibility index (Phi) is 5.25. The number of ether oxygens (including phenoxy) is 1. The fourth-order valence-electron chi connectivity index (χ4n) is 1.93. The first-order chi connectivity index (χ1) is 10.6. The van der Waals surface area contributed by atoms with E-state index in [1.165, 1.54) is 25.3 Å². The number of aliphatic imine (C=N–C) groups is 1. The Hall–Kier alpha value is -2.69. The maximum absolute atomic E-state index is 13.1. The minimum atomic E-state index is -0.384. The van der Waals surface area contributed by atoms with Crippen LogP contribution in [0.1, 0.15) is 21.5 Å². The topological polar surface area (TPSA) is 58.9 Å². The van der Waals surface area contributed by atoms with Crippen LogP contribution in [0.5, 0.6) is 5.75 Å². The Labute approximate surface area is 127 Å². The van der Waals surface area contributed by atoms with Gasteiger partial charge in [-0.25, -0.2) is 9.18 Å². The molecule has 0 aliphatic carbocycles. The molecule has 2 aromatic rings. The van der Waals surface area contributed by atoms with Crippen LogP contribution in [0.2, 0.25) is 0 Å². The number of benzene rings is 2. The summed E-state index contributed by atoms with van der Waals surface area (Å²) in [5.74, 6) is -0.695. The molecule has 22 heavy (non-hydrogen) atoms. The molecule has 2 rings (SSSR count). The summed E-state index contributed by atoms with van der Waals surface area (Å²) >= 11 is 0. The van der Waals surface area contributed by atoms with Gasteiger partial charge in [-0.05, 0) is 47.9 Å². The lowest BCUT2D eigenvalue weighted by Crippen LogP contribution is -2.00. The molecule has 0 unspecified atom stereocenters. The van der Waals surface area contributed by atoms with Crippen LogP contribution in [0.15, 0.2) is 47.5 Å². The van der Waals surface area contributed by atoms with E-state index in [0.717, 1.165) is 5.56 Å². The van der Waals surface area contributed by atoms with Crippen molar-refractivity contribution in [3.05, 3.63) is 65.0 Å². The lowest BCUT2D eigenvalue weighted by Gasteiger charge is -2.02. The largest absolute Gasteiger partial charge is 0.508 e. The van der Waals surface area contributed by atoms with Crippen LogP contribution in [0.4, 0.5) is 4.39 Å². The van der Waals surface area contributed by atoms with Crippen molar-refractivity contribution >= 4 is 12.2 Å². The second-order valence-corrected chi connectivity index (χ2v) is 4.67. The molecule has 0 atom stereocenters. The van der Waals surface area contributed by atoms with Gasteiger partial charge in [-0.3, -0.25) is 4.99 Å². The number of phenols is 1. The third-order valence-corrected chi connectivity index (χ3v) is 3.12. The molecule has 0 bridgehead atoms. The maximum Gasteiger partial charge on any atom is 0.337 e. The Bertz CT molecular complexity index is 681. The molecular weight excluding hydrogens is 285 g/mol. The number of hydrogen-bond acceptors (Lipinski definition) is 4. The average molecular weight is 301 g/mol. The fourth-order valence-corrected chi connectivity index (χ4v) is 1.93. The normalized spacial score (nSPS) is 10.8. The molecule has 0 aliphatic rings. The first-order valence-corrected chi connectivity index (χ1v) is 6.76. The number of carbonyl (C=O) groups excluding carboxylic acids is 1. The first kappa shape index (κ1) is 15.7. The van der Waals surface area contributed by atoms with Crippen molar-refractivity contribution in [1.82, 2.24) is 0 Å². The summed E-state index contributed by atoms with van der Waals surface area (Å²) < 4.78 is 17.7. The Balaban J connectivity index is 1.92. The third kappa shape index (κ3) is 4.15. The van der Waals surface area contributed by atoms with Gasteiger partial charge in [0.15, 0.2) is 0 Å².